The molecule has 0 radical (unpaired) electrons. The summed E-state index contributed by atoms with van der Waals surface area (Å²) < 4.78 is 5.16. The van der Waals surface area contributed by atoms with Crippen molar-refractivity contribution in [2.24, 2.45) is 5.92 Å². The first-order valence-corrected chi connectivity index (χ1v) is 6.93. The highest BCUT2D eigenvalue weighted by Crippen LogP contribution is 2.41. The Bertz CT molecular complexity index is 631. The summed E-state index contributed by atoms with van der Waals surface area (Å²) in [4.78, 5) is 12.2. The zero-order valence-corrected chi connectivity index (χ0v) is 11.8. The molecule has 1 aromatic carbocycles. The monoisotopic (exact) mass is 286 g/mol. The van der Waals surface area contributed by atoms with Crippen LogP contribution in [0.2, 0.25) is 0 Å². The second-order valence-electron chi connectivity index (χ2n) is 5.27. The fraction of sp³-hybridized carbons (Fsp3) is 0.333. The second kappa shape index (κ2) is 5.47. The van der Waals surface area contributed by atoms with Crippen molar-refractivity contribution in [1.29, 1.82) is 0 Å². The Balaban J connectivity index is 1.76. The third-order valence-electron chi connectivity index (χ3n) is 3.70. The molecule has 110 valence electrons. The summed E-state index contributed by atoms with van der Waals surface area (Å²) >= 11 is 0. The molecule has 3 rings (SSSR count). The molecule has 1 aliphatic rings. The van der Waals surface area contributed by atoms with Gasteiger partial charge < -0.3 is 15.8 Å². The molecule has 2 aromatic rings. The smallest absolute Gasteiger partial charge is 0.269 e. The van der Waals surface area contributed by atoms with Gasteiger partial charge >= 0.3 is 0 Å². The van der Waals surface area contributed by atoms with Gasteiger partial charge in [-0.1, -0.05) is 12.1 Å². The summed E-state index contributed by atoms with van der Waals surface area (Å²) in [5.41, 5.74) is 6.99. The van der Waals surface area contributed by atoms with E-state index in [1.54, 1.807) is 7.11 Å². The molecule has 4 N–H and O–H groups in total. The number of carbonyl (C=O) groups is 1. The Kier molecular flexibility index (Phi) is 3.51. The van der Waals surface area contributed by atoms with Crippen LogP contribution in [0.3, 0.4) is 0 Å². The number of aromatic amines is 1. The highest BCUT2D eigenvalue weighted by molar-refractivity contribution is 5.93. The average Bonchev–Trinajstić information content (AvgIpc) is 3.25. The number of nitrogens with one attached hydrogen (secondary N) is 2. The molecule has 0 spiro atoms. The van der Waals surface area contributed by atoms with Crippen LogP contribution in [0, 0.1) is 5.92 Å². The van der Waals surface area contributed by atoms with E-state index in [1.807, 2.05) is 24.3 Å². The van der Waals surface area contributed by atoms with Crippen LogP contribution in [-0.2, 0) is 0 Å². The van der Waals surface area contributed by atoms with Crippen molar-refractivity contribution in [3.05, 3.63) is 41.6 Å². The Morgan fingerprint density at radius 1 is 1.43 bits per heavy atom. The number of aromatic nitrogens is 2. The number of nitrogen functional groups attached to an aromatic ring is 1. The predicted molar refractivity (Wildman–Crippen MR) is 78.9 cm³/mol. The molecule has 1 aromatic heterocycles. The number of methoxy groups -OCH3 is 1. The normalized spacial score (nSPS) is 15.5. The summed E-state index contributed by atoms with van der Waals surface area (Å²) in [7, 11) is 1.64. The van der Waals surface area contributed by atoms with Crippen molar-refractivity contribution in [1.82, 2.24) is 15.5 Å². The zero-order valence-electron chi connectivity index (χ0n) is 11.8. The molecule has 1 fully saturated rings. The van der Waals surface area contributed by atoms with Gasteiger partial charge in [-0.15, -0.1) is 0 Å². The highest BCUT2D eigenvalue weighted by Gasteiger charge is 2.33. The molecule has 0 saturated heterocycles. The Labute approximate surface area is 122 Å². The lowest BCUT2D eigenvalue weighted by molar-refractivity contribution is 0.0926. The first-order chi connectivity index (χ1) is 10.2. The van der Waals surface area contributed by atoms with Gasteiger partial charge in [-0.05, 0) is 36.5 Å². The first-order valence-electron chi connectivity index (χ1n) is 6.93. The average molecular weight is 286 g/mol. The predicted octanol–water partition coefficient (Wildman–Crippen LogP) is 1.88. The highest BCUT2D eigenvalue weighted by atomic mass is 16.5. The summed E-state index contributed by atoms with van der Waals surface area (Å²) in [6.45, 7) is 0. The van der Waals surface area contributed by atoms with Crippen molar-refractivity contribution >= 4 is 11.7 Å². The van der Waals surface area contributed by atoms with Gasteiger partial charge in [0.2, 0.25) is 0 Å². The van der Waals surface area contributed by atoms with Gasteiger partial charge in [0.1, 0.15) is 17.3 Å². The van der Waals surface area contributed by atoms with Crippen molar-refractivity contribution in [2.45, 2.75) is 18.9 Å². The van der Waals surface area contributed by atoms with Crippen molar-refractivity contribution in [2.75, 3.05) is 12.8 Å². The topological polar surface area (TPSA) is 93.0 Å². The maximum Gasteiger partial charge on any atom is 0.269 e. The summed E-state index contributed by atoms with van der Waals surface area (Å²) in [6.07, 6.45) is 2.25. The minimum absolute atomic E-state index is 0.00734. The molecule has 1 aliphatic carbocycles. The fourth-order valence-corrected chi connectivity index (χ4v) is 2.39. The van der Waals surface area contributed by atoms with Crippen LogP contribution >= 0.6 is 0 Å². The molecule has 6 nitrogen and oxygen atoms in total. The quantitative estimate of drug-likeness (QED) is 0.782. The van der Waals surface area contributed by atoms with Crippen molar-refractivity contribution < 1.29 is 9.53 Å². The molecule has 1 amide bonds. The van der Waals surface area contributed by atoms with Gasteiger partial charge in [0.15, 0.2) is 0 Å². The van der Waals surface area contributed by atoms with Crippen molar-refractivity contribution in [3.8, 4) is 5.75 Å². The number of ether oxygens (including phenoxy) is 1. The number of hydrogen-bond acceptors (Lipinski definition) is 4. The standard InChI is InChI=1S/C15H18N4O2/c1-21-11-6-4-10(5-7-11)14(9-2-3-9)17-15(20)12-8-13(16)19-18-12/h4-9,14H,2-3H2,1H3,(H,17,20)(H3,16,18,19). The van der Waals surface area contributed by atoms with Crippen molar-refractivity contribution in [3.63, 3.8) is 0 Å². The Hall–Kier alpha value is -2.50. The fourth-order valence-electron chi connectivity index (χ4n) is 2.39. The minimum Gasteiger partial charge on any atom is -0.497 e. The van der Waals surface area contributed by atoms with E-state index in [2.05, 4.69) is 15.5 Å². The maximum absolute atomic E-state index is 12.2. The molecular weight excluding hydrogens is 268 g/mol. The summed E-state index contributed by atoms with van der Waals surface area (Å²) in [5.74, 6) is 1.42. The van der Waals surface area contributed by atoms with Crippen LogP contribution in [0.4, 0.5) is 5.82 Å². The number of rotatable bonds is 5. The lowest BCUT2D eigenvalue weighted by atomic mass is 10.0. The van der Waals surface area contributed by atoms with Gasteiger partial charge in [0.25, 0.3) is 5.91 Å². The Morgan fingerprint density at radius 2 is 2.14 bits per heavy atom. The number of amides is 1. The van der Waals surface area contributed by atoms with Gasteiger partial charge in [0.05, 0.1) is 13.2 Å². The van der Waals surface area contributed by atoms with Gasteiger partial charge in [-0.25, -0.2) is 0 Å². The summed E-state index contributed by atoms with van der Waals surface area (Å²) in [5, 5.41) is 9.46. The number of H-pyrrole nitrogens is 1. The third-order valence-corrected chi connectivity index (χ3v) is 3.70. The van der Waals surface area contributed by atoms with E-state index in [4.69, 9.17) is 10.5 Å². The lowest BCUT2D eigenvalue weighted by Crippen LogP contribution is -2.30. The molecule has 1 heterocycles. The van der Waals surface area contributed by atoms with Gasteiger partial charge in [0, 0.05) is 6.07 Å². The largest absolute Gasteiger partial charge is 0.497 e. The third kappa shape index (κ3) is 2.99. The Morgan fingerprint density at radius 3 is 2.67 bits per heavy atom. The lowest BCUT2D eigenvalue weighted by Gasteiger charge is -2.18. The molecule has 1 saturated carbocycles. The molecular formula is C15H18N4O2. The molecule has 0 bridgehead atoms. The van der Waals surface area contributed by atoms with E-state index in [0.29, 0.717) is 17.4 Å². The minimum atomic E-state index is -0.188. The van der Waals surface area contributed by atoms with Crippen LogP contribution in [0.1, 0.15) is 34.9 Å². The number of carbonyl (C=O) groups excluding carboxylic acids is 1. The van der Waals surface area contributed by atoms with Crippen LogP contribution in [0.15, 0.2) is 30.3 Å². The number of anilines is 1. The summed E-state index contributed by atoms with van der Waals surface area (Å²) in [6, 6.07) is 9.34. The van der Waals surface area contributed by atoms with Crippen LogP contribution in [-0.4, -0.2) is 23.2 Å². The number of benzene rings is 1. The van der Waals surface area contributed by atoms with E-state index in [0.717, 1.165) is 24.2 Å². The molecule has 21 heavy (non-hydrogen) atoms. The SMILES string of the molecule is COc1ccc(C(NC(=O)c2cc(N)n[nH]2)C2CC2)cc1. The molecule has 0 aliphatic heterocycles. The van der Waals surface area contributed by atoms with E-state index in [-0.39, 0.29) is 11.9 Å². The van der Waals surface area contributed by atoms with E-state index in [9.17, 15) is 4.79 Å². The van der Waals surface area contributed by atoms with Gasteiger partial charge in [-0.3, -0.25) is 9.89 Å². The second-order valence-corrected chi connectivity index (χ2v) is 5.27. The van der Waals surface area contributed by atoms with Crippen LogP contribution < -0.4 is 15.8 Å². The number of nitrogens with zero attached hydrogens (tertiary/aromatic N) is 1. The number of hydrogen-bond donors (Lipinski definition) is 3. The first kappa shape index (κ1) is 13.5. The van der Waals surface area contributed by atoms with E-state index < -0.39 is 0 Å². The van der Waals surface area contributed by atoms with E-state index >= 15 is 0 Å². The van der Waals surface area contributed by atoms with Gasteiger partial charge in [-0.2, -0.15) is 5.10 Å². The zero-order chi connectivity index (χ0) is 14.8. The molecule has 6 heteroatoms. The maximum atomic E-state index is 12.2. The molecule has 1 unspecified atom stereocenters. The van der Waals surface area contributed by atoms with E-state index in [1.165, 1.54) is 6.07 Å². The number of nitrogens with two attached hydrogens (primary N) is 1. The molecule has 1 atom stereocenters. The van der Waals surface area contributed by atoms with Crippen LogP contribution in [0.5, 0.6) is 5.75 Å². The van der Waals surface area contributed by atoms with Crippen LogP contribution in [0.25, 0.3) is 0 Å².